The minimum absolute atomic E-state index is 0.0231. The first-order valence-corrected chi connectivity index (χ1v) is 17.0. The number of halogens is 1. The second kappa shape index (κ2) is 16.0. The molecule has 260 valence electrons. The highest BCUT2D eigenvalue weighted by Crippen LogP contribution is 2.36. The Hall–Kier alpha value is -5.28. The standard InChI is InChI=1S/C35H32BrN3O10S/c1-5-46-28-16-22(9-13-27(28)49-19-30(40)45-4)32-31(34(42)47-6-2)20(3)37-35-38(32)33(41)29(50-35)17-23-15-24(36)10-14-26(23)48-18-21-7-11-25(12-8-21)39(43)44/h7-17,32H,5-6,18-19H2,1-4H3/b29-17-/t32-/m1/s1. The maximum atomic E-state index is 14.3. The molecule has 3 aromatic carbocycles. The number of fused-ring (bicyclic) bond motifs is 1. The largest absolute Gasteiger partial charge is 0.490 e. The molecule has 4 aromatic rings. The predicted molar refractivity (Wildman–Crippen MR) is 187 cm³/mol. The zero-order chi connectivity index (χ0) is 35.9. The smallest absolute Gasteiger partial charge is 0.343 e. The minimum atomic E-state index is -0.929. The number of rotatable bonds is 13. The molecule has 0 bridgehead atoms. The molecule has 1 atom stereocenters. The van der Waals surface area contributed by atoms with Gasteiger partial charge < -0.3 is 23.7 Å². The van der Waals surface area contributed by atoms with Crippen LogP contribution in [0.3, 0.4) is 0 Å². The maximum absolute atomic E-state index is 14.3. The van der Waals surface area contributed by atoms with E-state index in [0.717, 1.165) is 21.4 Å². The van der Waals surface area contributed by atoms with Crippen molar-refractivity contribution in [3.05, 3.63) is 123 Å². The van der Waals surface area contributed by atoms with Crippen molar-refractivity contribution in [2.24, 2.45) is 4.99 Å². The lowest BCUT2D eigenvalue weighted by Crippen LogP contribution is -2.40. The van der Waals surface area contributed by atoms with E-state index in [-0.39, 0.29) is 43.4 Å². The second-order valence-corrected chi connectivity index (χ2v) is 12.6. The first-order chi connectivity index (χ1) is 24.0. The number of carbonyl (C=O) groups excluding carboxylic acids is 2. The lowest BCUT2D eigenvalue weighted by molar-refractivity contribution is -0.384. The summed E-state index contributed by atoms with van der Waals surface area (Å²) in [6, 6.07) is 15.4. The van der Waals surface area contributed by atoms with Crippen molar-refractivity contribution < 1.29 is 38.2 Å². The van der Waals surface area contributed by atoms with Gasteiger partial charge in [0.1, 0.15) is 12.4 Å². The normalized spacial score (nSPS) is 14.0. The second-order valence-electron chi connectivity index (χ2n) is 10.7. The number of carbonyl (C=O) groups is 2. The van der Waals surface area contributed by atoms with Crippen LogP contribution in [0, 0.1) is 10.1 Å². The van der Waals surface area contributed by atoms with Crippen LogP contribution >= 0.6 is 27.3 Å². The molecule has 1 aliphatic heterocycles. The van der Waals surface area contributed by atoms with E-state index in [4.69, 9.17) is 18.9 Å². The van der Waals surface area contributed by atoms with E-state index >= 15 is 0 Å². The van der Waals surface area contributed by atoms with E-state index in [2.05, 4.69) is 25.7 Å². The van der Waals surface area contributed by atoms with E-state index in [1.165, 1.54) is 23.8 Å². The highest BCUT2D eigenvalue weighted by molar-refractivity contribution is 9.10. The molecule has 0 fully saturated rings. The van der Waals surface area contributed by atoms with Crippen molar-refractivity contribution in [3.63, 3.8) is 0 Å². The monoisotopic (exact) mass is 765 g/mol. The zero-order valence-electron chi connectivity index (χ0n) is 27.5. The maximum Gasteiger partial charge on any atom is 0.343 e. The molecule has 13 nitrogen and oxygen atoms in total. The van der Waals surface area contributed by atoms with Crippen molar-refractivity contribution in [1.29, 1.82) is 0 Å². The molecule has 0 unspecified atom stereocenters. The Morgan fingerprint density at radius 2 is 1.74 bits per heavy atom. The molecule has 0 amide bonds. The van der Waals surface area contributed by atoms with E-state index < -0.39 is 28.5 Å². The SMILES string of the molecule is CCOC(=O)C1=C(C)N=c2s/c(=C\c3cc(Br)ccc3OCc3ccc([N+](=O)[O-])cc3)c(=O)n2[C@@H]1c1ccc(OCC(=O)OC)c(OCC)c1. The molecular formula is C35H32BrN3O10S. The predicted octanol–water partition coefficient (Wildman–Crippen LogP) is 5.00. The fraction of sp³-hybridized carbons (Fsp3) is 0.257. The van der Waals surface area contributed by atoms with Crippen LogP contribution in [0.15, 0.2) is 86.2 Å². The molecular weight excluding hydrogens is 734 g/mol. The summed E-state index contributed by atoms with van der Waals surface area (Å²) < 4.78 is 30.2. The van der Waals surface area contributed by atoms with E-state index in [1.54, 1.807) is 75.4 Å². The number of nitro groups is 1. The van der Waals surface area contributed by atoms with Gasteiger partial charge in [0.15, 0.2) is 22.9 Å². The topological polar surface area (TPSA) is 158 Å². The summed E-state index contributed by atoms with van der Waals surface area (Å²) in [4.78, 5) is 55.0. The van der Waals surface area contributed by atoms with Crippen LogP contribution in [0.2, 0.25) is 0 Å². The van der Waals surface area contributed by atoms with Crippen LogP contribution in [0.1, 0.15) is 43.5 Å². The summed E-state index contributed by atoms with van der Waals surface area (Å²) in [5.41, 5.74) is 1.99. The number of allylic oxidation sites excluding steroid dienone is 1. The molecule has 5 rings (SSSR count). The number of hydrogen-bond donors (Lipinski definition) is 0. The molecule has 15 heteroatoms. The molecule has 0 N–H and O–H groups in total. The molecule has 0 radical (unpaired) electrons. The molecule has 50 heavy (non-hydrogen) atoms. The minimum Gasteiger partial charge on any atom is -0.490 e. The number of nitrogens with zero attached hydrogens (tertiary/aromatic N) is 3. The van der Waals surface area contributed by atoms with E-state index in [0.29, 0.717) is 37.7 Å². The lowest BCUT2D eigenvalue weighted by Gasteiger charge is -2.25. The third kappa shape index (κ3) is 7.95. The number of aromatic nitrogens is 1. The third-order valence-electron chi connectivity index (χ3n) is 7.47. The quantitative estimate of drug-likeness (QED) is 0.103. The van der Waals surface area contributed by atoms with E-state index in [1.807, 2.05) is 0 Å². The van der Waals surface area contributed by atoms with Crippen LogP contribution in [0.5, 0.6) is 17.2 Å². The summed E-state index contributed by atoms with van der Waals surface area (Å²) in [6.45, 7) is 5.35. The van der Waals surface area contributed by atoms with Crippen LogP contribution in [-0.4, -0.2) is 48.4 Å². The number of benzene rings is 3. The van der Waals surface area contributed by atoms with Gasteiger partial charge in [-0.3, -0.25) is 19.5 Å². The fourth-order valence-electron chi connectivity index (χ4n) is 5.16. The highest BCUT2D eigenvalue weighted by atomic mass is 79.9. The van der Waals surface area contributed by atoms with Gasteiger partial charge in [-0.25, -0.2) is 14.6 Å². The van der Waals surface area contributed by atoms with Crippen molar-refractivity contribution >= 4 is 51.0 Å². The van der Waals surface area contributed by atoms with Crippen LogP contribution in [-0.2, 0) is 25.7 Å². The van der Waals surface area contributed by atoms with Gasteiger partial charge in [0.2, 0.25) is 0 Å². The Bertz CT molecular complexity index is 2160. The summed E-state index contributed by atoms with van der Waals surface area (Å²) >= 11 is 4.64. The Labute approximate surface area is 298 Å². The number of thiazole rings is 1. The molecule has 1 aliphatic rings. The van der Waals surface area contributed by atoms with E-state index in [9.17, 15) is 24.5 Å². The zero-order valence-corrected chi connectivity index (χ0v) is 29.9. The van der Waals surface area contributed by atoms with Gasteiger partial charge in [0, 0.05) is 22.2 Å². The van der Waals surface area contributed by atoms with Gasteiger partial charge in [-0.2, -0.15) is 0 Å². The number of hydrogen-bond acceptors (Lipinski definition) is 12. The average Bonchev–Trinajstić information content (AvgIpc) is 3.40. The van der Waals surface area contributed by atoms with Gasteiger partial charge in [-0.05, 0) is 80.4 Å². The number of esters is 2. The number of non-ortho nitro benzene ring substituents is 1. The number of ether oxygens (including phenoxy) is 5. The summed E-state index contributed by atoms with van der Waals surface area (Å²) in [5, 5.41) is 11.0. The van der Waals surface area contributed by atoms with Gasteiger partial charge in [0.25, 0.3) is 11.2 Å². The Morgan fingerprint density at radius 3 is 2.42 bits per heavy atom. The molecule has 2 heterocycles. The molecule has 0 saturated heterocycles. The average molecular weight is 767 g/mol. The Balaban J connectivity index is 1.59. The Morgan fingerprint density at radius 1 is 1.00 bits per heavy atom. The number of methoxy groups -OCH3 is 1. The highest BCUT2D eigenvalue weighted by Gasteiger charge is 2.34. The van der Waals surface area contributed by atoms with Crippen molar-refractivity contribution in [1.82, 2.24) is 4.57 Å². The number of nitro benzene ring substituents is 1. The molecule has 1 aromatic heterocycles. The fourth-order valence-corrected chi connectivity index (χ4v) is 6.58. The van der Waals surface area contributed by atoms with Gasteiger partial charge >= 0.3 is 11.9 Å². The van der Waals surface area contributed by atoms with Crippen LogP contribution < -0.4 is 29.1 Å². The van der Waals surface area contributed by atoms with Crippen LogP contribution in [0.4, 0.5) is 5.69 Å². The third-order valence-corrected chi connectivity index (χ3v) is 8.95. The first-order valence-electron chi connectivity index (χ1n) is 15.4. The van der Waals surface area contributed by atoms with Gasteiger partial charge in [-0.1, -0.05) is 33.3 Å². The van der Waals surface area contributed by atoms with Gasteiger partial charge in [0.05, 0.1) is 47.1 Å². The molecule has 0 spiro atoms. The van der Waals surface area contributed by atoms with Crippen molar-refractivity contribution in [3.8, 4) is 17.2 Å². The summed E-state index contributed by atoms with van der Waals surface area (Å²) in [6.07, 6.45) is 1.69. The van der Waals surface area contributed by atoms with Crippen LogP contribution in [0.25, 0.3) is 6.08 Å². The van der Waals surface area contributed by atoms with Gasteiger partial charge in [-0.15, -0.1) is 0 Å². The lowest BCUT2D eigenvalue weighted by atomic mass is 9.95. The summed E-state index contributed by atoms with van der Waals surface area (Å²) in [5.74, 6) is -0.134. The van der Waals surface area contributed by atoms with Crippen molar-refractivity contribution in [2.75, 3.05) is 26.9 Å². The van der Waals surface area contributed by atoms with Crippen molar-refractivity contribution in [2.45, 2.75) is 33.4 Å². The summed E-state index contributed by atoms with van der Waals surface area (Å²) in [7, 11) is 1.26. The first kappa shape index (κ1) is 36.0. The molecule has 0 aliphatic carbocycles. The Kier molecular flexibility index (Phi) is 11.5. The molecule has 0 saturated carbocycles.